The summed E-state index contributed by atoms with van der Waals surface area (Å²) in [7, 11) is 0. The van der Waals surface area contributed by atoms with Gasteiger partial charge < -0.3 is 5.32 Å². The Balaban J connectivity index is 2.10. The molecule has 0 bridgehead atoms. The second-order valence-corrected chi connectivity index (χ2v) is 4.45. The third-order valence-electron chi connectivity index (χ3n) is 2.50. The predicted octanol–water partition coefficient (Wildman–Crippen LogP) is 1.54. The number of hydrogen-bond acceptors (Lipinski definition) is 4. The lowest BCUT2D eigenvalue weighted by Gasteiger charge is -2.19. The molecular formula is C11H10F3N3OS. The molecule has 4 nitrogen and oxygen atoms in total. The van der Waals surface area contributed by atoms with E-state index >= 15 is 0 Å². The van der Waals surface area contributed by atoms with E-state index in [0.29, 0.717) is 5.56 Å². The molecule has 1 aliphatic rings. The molecule has 2 N–H and O–H groups in total. The standard InChI is InChI=1S/C11H10F3N3OS/c12-11(13,14)7-3-1-6(2-4-7)5-8-9(18)15-10(19)17-16-8/h1-4,10,17,19H,5H2,(H,15,18). The van der Waals surface area contributed by atoms with Crippen LogP contribution in [0.5, 0.6) is 0 Å². The van der Waals surface area contributed by atoms with Crippen molar-refractivity contribution in [2.75, 3.05) is 0 Å². The van der Waals surface area contributed by atoms with Gasteiger partial charge in [0.2, 0.25) is 0 Å². The van der Waals surface area contributed by atoms with Crippen molar-refractivity contribution in [1.29, 1.82) is 0 Å². The summed E-state index contributed by atoms with van der Waals surface area (Å²) in [6.45, 7) is 0. The van der Waals surface area contributed by atoms with Gasteiger partial charge in [-0.3, -0.25) is 10.2 Å². The minimum Gasteiger partial charge on any atom is -0.321 e. The first-order valence-electron chi connectivity index (χ1n) is 5.33. The molecule has 1 atom stereocenters. The molecule has 0 saturated heterocycles. The summed E-state index contributed by atoms with van der Waals surface area (Å²) in [5, 5.41) is 6.30. The maximum Gasteiger partial charge on any atom is 0.416 e. The summed E-state index contributed by atoms with van der Waals surface area (Å²) in [5.74, 6) is -0.390. The Bertz CT molecular complexity index is 513. The number of hydrazone groups is 1. The zero-order valence-corrected chi connectivity index (χ0v) is 10.4. The summed E-state index contributed by atoms with van der Waals surface area (Å²) >= 11 is 3.96. The molecule has 0 aromatic heterocycles. The Labute approximate surface area is 112 Å². The number of nitrogens with one attached hydrogen (secondary N) is 2. The minimum absolute atomic E-state index is 0.150. The predicted molar refractivity (Wildman–Crippen MR) is 66.6 cm³/mol. The van der Waals surface area contributed by atoms with E-state index in [1.54, 1.807) is 0 Å². The van der Waals surface area contributed by atoms with Gasteiger partial charge in [0.1, 0.15) is 5.71 Å². The van der Waals surface area contributed by atoms with Gasteiger partial charge in [-0.25, -0.2) is 0 Å². The van der Waals surface area contributed by atoms with Crippen LogP contribution in [-0.2, 0) is 17.4 Å². The van der Waals surface area contributed by atoms with Crippen LogP contribution in [0, 0.1) is 0 Å². The number of benzene rings is 1. The monoisotopic (exact) mass is 289 g/mol. The van der Waals surface area contributed by atoms with Crippen LogP contribution in [0.2, 0.25) is 0 Å². The van der Waals surface area contributed by atoms with Crippen molar-refractivity contribution in [1.82, 2.24) is 10.7 Å². The Kier molecular flexibility index (Phi) is 3.70. The van der Waals surface area contributed by atoms with Crippen LogP contribution in [-0.4, -0.2) is 17.1 Å². The summed E-state index contributed by atoms with van der Waals surface area (Å²) in [6.07, 6.45) is -4.21. The minimum atomic E-state index is -4.36. The highest BCUT2D eigenvalue weighted by atomic mass is 32.1. The van der Waals surface area contributed by atoms with E-state index in [9.17, 15) is 18.0 Å². The lowest BCUT2D eigenvalue weighted by molar-refractivity contribution is -0.137. The average molecular weight is 289 g/mol. The quantitative estimate of drug-likeness (QED) is 0.723. The van der Waals surface area contributed by atoms with Crippen molar-refractivity contribution in [3.8, 4) is 0 Å². The van der Waals surface area contributed by atoms with Crippen LogP contribution in [0.25, 0.3) is 0 Å². The van der Waals surface area contributed by atoms with Crippen LogP contribution in [0.4, 0.5) is 13.2 Å². The number of carbonyl (C=O) groups is 1. The van der Waals surface area contributed by atoms with Gasteiger partial charge in [-0.15, -0.1) is 12.6 Å². The third-order valence-corrected chi connectivity index (χ3v) is 2.75. The van der Waals surface area contributed by atoms with Gasteiger partial charge >= 0.3 is 6.18 Å². The number of halogens is 3. The van der Waals surface area contributed by atoms with E-state index in [4.69, 9.17) is 0 Å². The zero-order valence-electron chi connectivity index (χ0n) is 9.53. The van der Waals surface area contributed by atoms with Crippen LogP contribution in [0.1, 0.15) is 11.1 Å². The Morgan fingerprint density at radius 1 is 1.26 bits per heavy atom. The second kappa shape index (κ2) is 5.12. The molecule has 1 heterocycles. The van der Waals surface area contributed by atoms with E-state index in [-0.39, 0.29) is 12.1 Å². The fraction of sp³-hybridized carbons (Fsp3) is 0.273. The van der Waals surface area contributed by atoms with E-state index in [2.05, 4.69) is 28.5 Å². The Morgan fingerprint density at radius 2 is 1.89 bits per heavy atom. The molecule has 0 saturated carbocycles. The van der Waals surface area contributed by atoms with Gasteiger partial charge in [-0.1, -0.05) is 12.1 Å². The molecule has 0 fully saturated rings. The van der Waals surface area contributed by atoms with Crippen molar-refractivity contribution >= 4 is 24.2 Å². The molecule has 0 spiro atoms. The normalized spacial score (nSPS) is 19.5. The summed E-state index contributed by atoms with van der Waals surface area (Å²) < 4.78 is 37.1. The highest BCUT2D eigenvalue weighted by molar-refractivity contribution is 7.80. The lowest BCUT2D eigenvalue weighted by atomic mass is 10.1. The smallest absolute Gasteiger partial charge is 0.321 e. The van der Waals surface area contributed by atoms with E-state index in [0.717, 1.165) is 12.1 Å². The number of thiol groups is 1. The van der Waals surface area contributed by atoms with Gasteiger partial charge in [0.05, 0.1) is 5.56 Å². The topological polar surface area (TPSA) is 53.5 Å². The molecule has 2 rings (SSSR count). The van der Waals surface area contributed by atoms with Gasteiger partial charge in [-0.05, 0) is 17.7 Å². The number of carbonyl (C=O) groups excluding carboxylic acids is 1. The summed E-state index contributed by atoms with van der Waals surface area (Å²) in [4.78, 5) is 11.5. The molecule has 0 aliphatic carbocycles. The van der Waals surface area contributed by atoms with Gasteiger partial charge in [0.15, 0.2) is 5.50 Å². The highest BCUT2D eigenvalue weighted by Crippen LogP contribution is 2.29. The number of alkyl halides is 3. The molecule has 1 aromatic rings. The Hall–Kier alpha value is -1.70. The maximum absolute atomic E-state index is 12.4. The van der Waals surface area contributed by atoms with Crippen molar-refractivity contribution in [2.24, 2.45) is 5.10 Å². The van der Waals surface area contributed by atoms with Gasteiger partial charge in [0, 0.05) is 6.42 Å². The molecule has 8 heteroatoms. The molecule has 1 unspecified atom stereocenters. The highest BCUT2D eigenvalue weighted by Gasteiger charge is 2.30. The first-order chi connectivity index (χ1) is 8.86. The summed E-state index contributed by atoms with van der Waals surface area (Å²) in [5.41, 5.74) is 2.05. The fourth-order valence-electron chi connectivity index (χ4n) is 1.55. The number of amides is 1. The Morgan fingerprint density at radius 3 is 2.42 bits per heavy atom. The number of rotatable bonds is 2. The zero-order chi connectivity index (χ0) is 14.0. The first-order valence-corrected chi connectivity index (χ1v) is 5.85. The van der Waals surface area contributed by atoms with Crippen LogP contribution >= 0.6 is 12.6 Å². The van der Waals surface area contributed by atoms with Crippen molar-refractivity contribution < 1.29 is 18.0 Å². The van der Waals surface area contributed by atoms with Crippen LogP contribution < -0.4 is 10.7 Å². The van der Waals surface area contributed by atoms with Crippen LogP contribution in [0.15, 0.2) is 29.4 Å². The SMILES string of the molecule is O=C1NC(S)NN=C1Cc1ccc(C(F)(F)F)cc1. The molecule has 1 aromatic carbocycles. The van der Waals surface area contributed by atoms with Crippen molar-refractivity contribution in [3.63, 3.8) is 0 Å². The largest absolute Gasteiger partial charge is 0.416 e. The molecule has 0 radical (unpaired) electrons. The van der Waals surface area contributed by atoms with Crippen molar-refractivity contribution in [2.45, 2.75) is 18.1 Å². The average Bonchev–Trinajstić information content (AvgIpc) is 2.32. The third kappa shape index (κ3) is 3.40. The van der Waals surface area contributed by atoms with Crippen molar-refractivity contribution in [3.05, 3.63) is 35.4 Å². The van der Waals surface area contributed by atoms with E-state index < -0.39 is 23.1 Å². The van der Waals surface area contributed by atoms with Gasteiger partial charge in [-0.2, -0.15) is 18.3 Å². The molecule has 1 aliphatic heterocycles. The lowest BCUT2D eigenvalue weighted by Crippen LogP contribution is -2.48. The maximum atomic E-state index is 12.4. The van der Waals surface area contributed by atoms with Crippen LogP contribution in [0.3, 0.4) is 0 Å². The molecule has 102 valence electrons. The van der Waals surface area contributed by atoms with E-state index in [1.165, 1.54) is 12.1 Å². The fourth-order valence-corrected chi connectivity index (χ4v) is 1.73. The first kappa shape index (κ1) is 13.7. The number of hydrogen-bond donors (Lipinski definition) is 3. The molecule has 1 amide bonds. The summed E-state index contributed by atoms with van der Waals surface area (Å²) in [6, 6.07) is 4.60. The van der Waals surface area contributed by atoms with Gasteiger partial charge in [0.25, 0.3) is 5.91 Å². The molecular weight excluding hydrogens is 279 g/mol. The second-order valence-electron chi connectivity index (χ2n) is 3.94. The number of nitrogens with zero attached hydrogens (tertiary/aromatic N) is 1. The van der Waals surface area contributed by atoms with E-state index in [1.807, 2.05) is 0 Å². The molecule has 19 heavy (non-hydrogen) atoms.